The van der Waals surface area contributed by atoms with E-state index in [9.17, 15) is 4.79 Å². The molecule has 2 aliphatic rings. The van der Waals surface area contributed by atoms with E-state index < -0.39 is 0 Å². The van der Waals surface area contributed by atoms with Crippen LogP contribution in [0.5, 0.6) is 17.2 Å². The number of ether oxygens (including phenoxy) is 4. The van der Waals surface area contributed by atoms with Gasteiger partial charge in [0.15, 0.2) is 11.5 Å². The second-order valence-electron chi connectivity index (χ2n) is 8.62. The zero-order valence-electron chi connectivity index (χ0n) is 19.0. The Balaban J connectivity index is 1.29. The maximum absolute atomic E-state index is 13.4. The van der Waals surface area contributed by atoms with Gasteiger partial charge < -0.3 is 23.8 Å². The highest BCUT2D eigenvalue weighted by atomic mass is 16.7. The molecule has 2 aromatic carbocycles. The van der Waals surface area contributed by atoms with Gasteiger partial charge in [-0.05, 0) is 53.9 Å². The Hall–Kier alpha value is -3.58. The molecule has 3 heterocycles. The highest BCUT2D eigenvalue weighted by Crippen LogP contribution is 2.32. The van der Waals surface area contributed by atoms with Crippen LogP contribution in [0.4, 0.5) is 0 Å². The maximum atomic E-state index is 13.4. The average Bonchev–Trinajstić information content (AvgIpc) is 3.55. The van der Waals surface area contributed by atoms with Crippen LogP contribution in [0.2, 0.25) is 0 Å². The first kappa shape index (κ1) is 22.2. The monoisotopic (exact) mass is 460 g/mol. The van der Waals surface area contributed by atoms with E-state index in [0.29, 0.717) is 37.1 Å². The predicted molar refractivity (Wildman–Crippen MR) is 126 cm³/mol. The summed E-state index contributed by atoms with van der Waals surface area (Å²) in [6.07, 6.45) is 3.05. The van der Waals surface area contributed by atoms with Crippen molar-refractivity contribution in [1.82, 2.24) is 9.88 Å². The Morgan fingerprint density at radius 2 is 1.94 bits per heavy atom. The number of rotatable bonds is 9. The molecule has 176 valence electrons. The molecule has 0 spiro atoms. The quantitative estimate of drug-likeness (QED) is 0.481. The minimum Gasteiger partial charge on any atom is -0.493 e. The van der Waals surface area contributed by atoms with Crippen molar-refractivity contribution >= 4 is 5.91 Å². The number of fused-ring (bicyclic) bond motifs is 1. The van der Waals surface area contributed by atoms with Gasteiger partial charge in [-0.25, -0.2) is 0 Å². The Morgan fingerprint density at radius 1 is 1.00 bits per heavy atom. The molecule has 1 saturated heterocycles. The minimum absolute atomic E-state index is 0.0129. The number of amides is 1. The van der Waals surface area contributed by atoms with Gasteiger partial charge in [0.05, 0.1) is 31.9 Å². The lowest BCUT2D eigenvalue weighted by atomic mass is 10.1. The van der Waals surface area contributed by atoms with E-state index in [1.54, 1.807) is 6.20 Å². The molecule has 7 nitrogen and oxygen atoms in total. The number of carbonyl (C=O) groups is 1. The second kappa shape index (κ2) is 10.6. The summed E-state index contributed by atoms with van der Waals surface area (Å²) in [5.74, 6) is 2.65. The zero-order valence-corrected chi connectivity index (χ0v) is 19.0. The molecule has 0 unspecified atom stereocenters. The van der Waals surface area contributed by atoms with Crippen molar-refractivity contribution in [3.63, 3.8) is 0 Å². The lowest BCUT2D eigenvalue weighted by Gasteiger charge is -2.23. The van der Waals surface area contributed by atoms with Crippen molar-refractivity contribution < 1.29 is 23.7 Å². The van der Waals surface area contributed by atoms with Gasteiger partial charge in [0.1, 0.15) is 5.75 Å². The Kier molecular flexibility index (Phi) is 6.91. The van der Waals surface area contributed by atoms with Gasteiger partial charge in [0.2, 0.25) is 12.7 Å². The molecule has 0 bridgehead atoms. The van der Waals surface area contributed by atoms with Crippen molar-refractivity contribution in [3.8, 4) is 17.2 Å². The topological polar surface area (TPSA) is 70.1 Å². The number of hydrogen-bond donors (Lipinski definition) is 0. The van der Waals surface area contributed by atoms with Gasteiger partial charge in [-0.1, -0.05) is 24.3 Å². The second-order valence-corrected chi connectivity index (χ2v) is 8.62. The van der Waals surface area contributed by atoms with Crippen LogP contribution < -0.4 is 14.2 Å². The van der Waals surface area contributed by atoms with E-state index in [4.69, 9.17) is 18.9 Å². The summed E-state index contributed by atoms with van der Waals surface area (Å²) in [5.41, 5.74) is 2.74. The number of benzene rings is 2. The Labute approximate surface area is 199 Å². The highest BCUT2D eigenvalue weighted by molar-refractivity contribution is 5.79. The number of aromatic nitrogens is 1. The molecule has 0 N–H and O–H groups in total. The van der Waals surface area contributed by atoms with Crippen molar-refractivity contribution in [2.75, 3.05) is 26.6 Å². The summed E-state index contributed by atoms with van der Waals surface area (Å²) in [6.45, 7) is 3.31. The first-order valence-corrected chi connectivity index (χ1v) is 11.6. The maximum Gasteiger partial charge on any atom is 0.231 e. The van der Waals surface area contributed by atoms with Crippen LogP contribution in [0.15, 0.2) is 66.9 Å². The van der Waals surface area contributed by atoms with Crippen LogP contribution in [0.25, 0.3) is 0 Å². The average molecular weight is 461 g/mol. The van der Waals surface area contributed by atoms with Crippen LogP contribution >= 0.6 is 0 Å². The van der Waals surface area contributed by atoms with E-state index in [2.05, 4.69) is 4.98 Å². The van der Waals surface area contributed by atoms with Crippen LogP contribution in [0.3, 0.4) is 0 Å². The SMILES string of the molecule is O=C(Cc1ccc2c(c1)OCO2)N(Cc1cccc(OC[C@@H]2CCOC2)c1)Cc1ccccn1. The summed E-state index contributed by atoms with van der Waals surface area (Å²) >= 11 is 0. The predicted octanol–water partition coefficient (Wildman–Crippen LogP) is 4.00. The van der Waals surface area contributed by atoms with E-state index >= 15 is 0 Å². The van der Waals surface area contributed by atoms with E-state index in [1.165, 1.54) is 0 Å². The Bertz CT molecular complexity index is 1120. The summed E-state index contributed by atoms with van der Waals surface area (Å²) in [6, 6.07) is 19.3. The molecule has 1 fully saturated rings. The van der Waals surface area contributed by atoms with Crippen molar-refractivity contribution in [1.29, 1.82) is 0 Å². The van der Waals surface area contributed by atoms with Crippen LogP contribution in [-0.4, -0.2) is 42.4 Å². The molecule has 34 heavy (non-hydrogen) atoms. The third-order valence-corrected chi connectivity index (χ3v) is 6.01. The summed E-state index contributed by atoms with van der Waals surface area (Å²) in [4.78, 5) is 19.6. The lowest BCUT2D eigenvalue weighted by Crippen LogP contribution is -2.31. The fourth-order valence-electron chi connectivity index (χ4n) is 4.14. The molecule has 7 heteroatoms. The molecule has 5 rings (SSSR count). The fraction of sp³-hybridized carbons (Fsp3) is 0.333. The molecule has 3 aromatic rings. The third kappa shape index (κ3) is 5.66. The zero-order chi connectivity index (χ0) is 23.2. The molecule has 0 aliphatic carbocycles. The number of hydrogen-bond acceptors (Lipinski definition) is 6. The van der Waals surface area contributed by atoms with E-state index in [-0.39, 0.29) is 19.1 Å². The van der Waals surface area contributed by atoms with Gasteiger partial charge in [0.25, 0.3) is 0 Å². The molecular weight excluding hydrogens is 432 g/mol. The van der Waals surface area contributed by atoms with Crippen molar-refractivity contribution in [3.05, 3.63) is 83.7 Å². The molecule has 0 radical (unpaired) electrons. The molecule has 2 aliphatic heterocycles. The van der Waals surface area contributed by atoms with E-state index in [0.717, 1.165) is 42.2 Å². The first-order chi connectivity index (χ1) is 16.7. The molecular formula is C27H28N2O5. The van der Waals surface area contributed by atoms with Crippen molar-refractivity contribution in [2.45, 2.75) is 25.9 Å². The van der Waals surface area contributed by atoms with Gasteiger partial charge in [-0.2, -0.15) is 0 Å². The highest BCUT2D eigenvalue weighted by Gasteiger charge is 2.20. The standard InChI is InChI=1S/C27H28N2O5/c30-27(14-20-7-8-25-26(13-20)34-19-33-25)29(16-23-5-1-2-10-28-23)15-21-4-3-6-24(12-21)32-18-22-9-11-31-17-22/h1-8,10,12-13,22H,9,11,14-19H2/t22-/m1/s1. The number of nitrogens with zero attached hydrogens (tertiary/aromatic N) is 2. The summed E-state index contributed by atoms with van der Waals surface area (Å²) in [5, 5.41) is 0. The molecule has 1 atom stereocenters. The molecule has 1 aromatic heterocycles. The van der Waals surface area contributed by atoms with Crippen molar-refractivity contribution in [2.24, 2.45) is 5.92 Å². The molecule has 0 saturated carbocycles. The van der Waals surface area contributed by atoms with E-state index in [1.807, 2.05) is 65.6 Å². The fourth-order valence-corrected chi connectivity index (χ4v) is 4.14. The first-order valence-electron chi connectivity index (χ1n) is 11.6. The number of pyridine rings is 1. The largest absolute Gasteiger partial charge is 0.493 e. The minimum atomic E-state index is 0.0129. The third-order valence-electron chi connectivity index (χ3n) is 6.01. The normalized spacial score (nSPS) is 16.4. The van der Waals surface area contributed by atoms with Gasteiger partial charge >= 0.3 is 0 Å². The molecule has 1 amide bonds. The van der Waals surface area contributed by atoms with Gasteiger partial charge in [-0.3, -0.25) is 9.78 Å². The number of carbonyl (C=O) groups excluding carboxylic acids is 1. The Morgan fingerprint density at radius 3 is 2.79 bits per heavy atom. The smallest absolute Gasteiger partial charge is 0.231 e. The van der Waals surface area contributed by atoms with Gasteiger partial charge in [-0.15, -0.1) is 0 Å². The van der Waals surface area contributed by atoms with Crippen LogP contribution in [-0.2, 0) is 29.0 Å². The van der Waals surface area contributed by atoms with Crippen LogP contribution in [0.1, 0.15) is 23.2 Å². The summed E-state index contributed by atoms with van der Waals surface area (Å²) in [7, 11) is 0. The van der Waals surface area contributed by atoms with Gasteiger partial charge in [0, 0.05) is 25.3 Å². The van der Waals surface area contributed by atoms with Crippen LogP contribution in [0, 0.1) is 5.92 Å². The lowest BCUT2D eigenvalue weighted by molar-refractivity contribution is -0.131. The summed E-state index contributed by atoms with van der Waals surface area (Å²) < 4.78 is 22.3.